The molecule has 0 heterocycles. The highest BCUT2D eigenvalue weighted by atomic mass is 16.6. The van der Waals surface area contributed by atoms with Gasteiger partial charge in [-0.3, -0.25) is 10.1 Å². The molecule has 16 nitrogen and oxygen atoms in total. The summed E-state index contributed by atoms with van der Waals surface area (Å²) in [5.41, 5.74) is 6.33. The smallest absolute Gasteiger partial charge is 0.339 e. The van der Waals surface area contributed by atoms with Crippen LogP contribution < -0.4 is 15.2 Å². The lowest BCUT2D eigenvalue weighted by molar-refractivity contribution is -0.385. The van der Waals surface area contributed by atoms with Crippen LogP contribution in [0.15, 0.2) is 97.6 Å². The van der Waals surface area contributed by atoms with E-state index >= 15 is 0 Å². The van der Waals surface area contributed by atoms with Crippen molar-refractivity contribution in [2.75, 3.05) is 38.8 Å². The first-order chi connectivity index (χ1) is 32.9. The Balaban J connectivity index is 0.000000466. The van der Waals surface area contributed by atoms with Crippen molar-refractivity contribution in [2.45, 2.75) is 103 Å². The zero-order valence-corrected chi connectivity index (χ0v) is 38.8. The zero-order valence-electron chi connectivity index (χ0n) is 38.8. The molecule has 0 unspecified atom stereocenters. The van der Waals surface area contributed by atoms with Gasteiger partial charge in [0.2, 0.25) is 0 Å². The summed E-state index contributed by atoms with van der Waals surface area (Å²) in [5, 5.41) is 30.1. The number of nitrogens with two attached hydrogens (primary N) is 1. The number of nitrogen functional groups attached to an aromatic ring is 1. The van der Waals surface area contributed by atoms with E-state index in [-0.39, 0.29) is 53.9 Å². The largest absolute Gasteiger partial charge is 0.494 e. The number of nitro groups is 1. The van der Waals surface area contributed by atoms with Gasteiger partial charge < -0.3 is 39.6 Å². The molecule has 0 aliphatic rings. The van der Waals surface area contributed by atoms with Crippen molar-refractivity contribution in [3.63, 3.8) is 0 Å². The number of anilines is 1. The molecule has 4 aromatic carbocycles. The van der Waals surface area contributed by atoms with Crippen molar-refractivity contribution < 1.29 is 62.8 Å². The second-order valence-electron chi connectivity index (χ2n) is 15.7. The fraction of sp³-hybridized carbons (Fsp3) is 0.404. The number of carboxylic acids is 2. The van der Waals surface area contributed by atoms with E-state index in [1.54, 1.807) is 12.1 Å². The molecule has 4 aromatic rings. The van der Waals surface area contributed by atoms with E-state index in [4.69, 9.17) is 34.5 Å². The molecule has 0 spiro atoms. The van der Waals surface area contributed by atoms with Crippen LogP contribution in [0.5, 0.6) is 11.5 Å². The predicted octanol–water partition coefficient (Wildman–Crippen LogP) is 11.3. The maximum Gasteiger partial charge on any atom is 0.339 e. The van der Waals surface area contributed by atoms with Gasteiger partial charge in [-0.15, -0.1) is 0 Å². The number of nitro benzene ring substituents is 1. The number of para-hydroxylation sites is 1. The number of rotatable bonds is 31. The van der Waals surface area contributed by atoms with Gasteiger partial charge in [-0.25, -0.2) is 24.0 Å². The molecule has 0 radical (unpaired) electrons. The van der Waals surface area contributed by atoms with E-state index in [0.29, 0.717) is 24.3 Å². The molecule has 0 aromatic heterocycles. The molecule has 0 fully saturated rings. The third-order valence-electron chi connectivity index (χ3n) is 10.4. The van der Waals surface area contributed by atoms with Crippen molar-refractivity contribution in [2.24, 2.45) is 0 Å². The molecule has 0 bridgehead atoms. The predicted molar refractivity (Wildman–Crippen MR) is 257 cm³/mol. The number of carbonyl (C=O) groups is 5. The van der Waals surface area contributed by atoms with Crippen LogP contribution >= 0.6 is 0 Å². The second kappa shape index (κ2) is 31.6. The first-order valence-electron chi connectivity index (χ1n) is 23.1. The van der Waals surface area contributed by atoms with E-state index in [1.807, 2.05) is 30.3 Å². The zero-order chi connectivity index (χ0) is 49.5. The molecule has 0 saturated heterocycles. The number of carbonyl (C=O) groups excluding carboxylic acids is 3. The van der Waals surface area contributed by atoms with Crippen LogP contribution in [0.2, 0.25) is 0 Å². The summed E-state index contributed by atoms with van der Waals surface area (Å²) < 4.78 is 26.5. The quantitative estimate of drug-likeness (QED) is 0.00808. The Bertz CT molecular complexity index is 2230. The van der Waals surface area contributed by atoms with Gasteiger partial charge in [0, 0.05) is 35.9 Å². The van der Waals surface area contributed by atoms with Gasteiger partial charge in [0.05, 0.1) is 60.2 Å². The normalized spacial score (nSPS) is 10.5. The third-order valence-corrected chi connectivity index (χ3v) is 10.4. The molecule has 0 amide bonds. The van der Waals surface area contributed by atoms with E-state index in [2.05, 4.69) is 13.5 Å². The maximum absolute atomic E-state index is 12.5. The van der Waals surface area contributed by atoms with Gasteiger partial charge in [0.1, 0.15) is 5.75 Å². The highest BCUT2D eigenvalue weighted by Crippen LogP contribution is 2.37. The summed E-state index contributed by atoms with van der Waals surface area (Å²) in [5.74, 6) is -3.72. The van der Waals surface area contributed by atoms with Crippen LogP contribution in [0, 0.1) is 10.1 Å². The average molecular weight is 941 g/mol. The molecule has 0 aliphatic carbocycles. The lowest BCUT2D eigenvalue weighted by atomic mass is 10.0. The molecule has 0 saturated carbocycles. The van der Waals surface area contributed by atoms with E-state index in [9.17, 15) is 39.2 Å². The highest BCUT2D eigenvalue weighted by molar-refractivity contribution is 6.04. The fourth-order valence-corrected chi connectivity index (χ4v) is 6.73. The van der Waals surface area contributed by atoms with Crippen LogP contribution in [-0.2, 0) is 19.0 Å². The number of benzene rings is 4. The topological polar surface area (TPSA) is 241 Å². The number of carboxylic acid groups (broad SMARTS) is 2. The molecule has 366 valence electrons. The fourth-order valence-electron chi connectivity index (χ4n) is 6.73. The Kier molecular flexibility index (Phi) is 25.6. The lowest BCUT2D eigenvalue weighted by Gasteiger charge is -2.12. The molecular weight excluding hydrogens is 877 g/mol. The average Bonchev–Trinajstić information content (AvgIpc) is 3.33. The number of nitrogens with zero attached hydrogens (tertiary/aromatic N) is 1. The molecule has 0 aliphatic heterocycles. The van der Waals surface area contributed by atoms with Gasteiger partial charge in [0.25, 0.3) is 0 Å². The Morgan fingerprint density at radius 1 is 0.603 bits per heavy atom. The van der Waals surface area contributed by atoms with Crippen LogP contribution in [0.25, 0.3) is 11.1 Å². The molecule has 68 heavy (non-hydrogen) atoms. The van der Waals surface area contributed by atoms with Crippen molar-refractivity contribution in [3.8, 4) is 22.6 Å². The van der Waals surface area contributed by atoms with Gasteiger partial charge in [0.15, 0.2) is 5.75 Å². The lowest BCUT2D eigenvalue weighted by Crippen LogP contribution is -2.15. The minimum Gasteiger partial charge on any atom is -0.494 e. The number of hydrogen-bond donors (Lipinski definition) is 3. The first kappa shape index (κ1) is 55.1. The minimum atomic E-state index is -1.42. The molecular formula is C52H64N2O14. The molecule has 4 rings (SSSR count). The monoisotopic (exact) mass is 940 g/mol. The van der Waals surface area contributed by atoms with E-state index in [1.165, 1.54) is 68.9 Å². The summed E-state index contributed by atoms with van der Waals surface area (Å²) in [6, 6.07) is 21.9. The van der Waals surface area contributed by atoms with Gasteiger partial charge in [-0.2, -0.15) is 0 Å². The number of aromatic carboxylic acids is 2. The van der Waals surface area contributed by atoms with Crippen molar-refractivity contribution >= 4 is 41.2 Å². The van der Waals surface area contributed by atoms with Crippen LogP contribution in [0.4, 0.5) is 11.4 Å². The van der Waals surface area contributed by atoms with Crippen LogP contribution in [-0.4, -0.2) is 78.0 Å². The Morgan fingerprint density at radius 3 is 1.72 bits per heavy atom. The Morgan fingerprint density at radius 2 is 1.15 bits per heavy atom. The highest BCUT2D eigenvalue weighted by Gasteiger charge is 2.22. The van der Waals surface area contributed by atoms with Gasteiger partial charge in [-0.05, 0) is 67.3 Å². The molecule has 0 atom stereocenters. The van der Waals surface area contributed by atoms with Crippen LogP contribution in [0.3, 0.4) is 0 Å². The number of unbranched alkanes of at least 4 members (excludes halogenated alkanes) is 12. The Labute approximate surface area is 397 Å². The molecule has 16 heteroatoms. The first-order valence-corrected chi connectivity index (χ1v) is 23.1. The third kappa shape index (κ3) is 20.5. The Hall–Kier alpha value is -7.23. The summed E-state index contributed by atoms with van der Waals surface area (Å²) in [4.78, 5) is 69.5. The molecule has 4 N–H and O–H groups in total. The number of hydrogen-bond acceptors (Lipinski definition) is 13. The number of esters is 3. The SMILES string of the molecule is C=CC(=O)OCCCCCCCCCCOc1ccccc1.CCCCCCCCOc1cc(N)c(-c2ccc(C(=O)OCCCOC(=O)c3cc(C(=O)O)ccc3C(=O)O)cc2)cc1[N+](=O)[O-]. The summed E-state index contributed by atoms with van der Waals surface area (Å²) in [7, 11) is 0. The summed E-state index contributed by atoms with van der Waals surface area (Å²) in [6.07, 6.45) is 17.1. The summed E-state index contributed by atoms with van der Waals surface area (Å²) >= 11 is 0. The van der Waals surface area contributed by atoms with Crippen molar-refractivity contribution in [3.05, 3.63) is 130 Å². The minimum absolute atomic E-state index is 0.0874. The number of ether oxygens (including phenoxy) is 5. The summed E-state index contributed by atoms with van der Waals surface area (Å²) in [6.45, 7) is 6.82. The standard InChI is InChI=1S/C33H36N2O11.C19H28O3/c1-2-3-4-5-6-7-15-44-29-20-27(34)25(19-28(29)35(42)43)21-9-11-22(12-10-21)32(40)45-16-8-17-46-33(41)26-18-23(30(36)37)13-14-24(26)31(38)39;1-2-19(20)22-17-13-8-6-4-3-5-7-12-16-21-18-14-10-9-11-15-18/h9-14,18-20H,2-8,15-17,34H2,1H3,(H,36,37)(H,38,39);2,9-11,14-15H,1,3-8,12-13,16-17H2. The van der Waals surface area contributed by atoms with E-state index < -0.39 is 39.9 Å². The van der Waals surface area contributed by atoms with Crippen molar-refractivity contribution in [1.82, 2.24) is 0 Å². The second-order valence-corrected chi connectivity index (χ2v) is 15.7. The van der Waals surface area contributed by atoms with Gasteiger partial charge >= 0.3 is 35.5 Å². The van der Waals surface area contributed by atoms with Crippen LogP contribution in [0.1, 0.15) is 145 Å². The van der Waals surface area contributed by atoms with Gasteiger partial charge in [-0.1, -0.05) is 114 Å². The van der Waals surface area contributed by atoms with E-state index in [0.717, 1.165) is 81.9 Å². The maximum atomic E-state index is 12.5. The van der Waals surface area contributed by atoms with Crippen molar-refractivity contribution in [1.29, 1.82) is 0 Å².